The molecule has 1 aromatic heterocycles. The summed E-state index contributed by atoms with van der Waals surface area (Å²) in [6.07, 6.45) is 3.27. The third kappa shape index (κ3) is 4.57. The van der Waals surface area contributed by atoms with E-state index in [9.17, 15) is 27.5 Å². The van der Waals surface area contributed by atoms with Crippen LogP contribution in [0.15, 0.2) is 42.6 Å². The molecule has 1 N–H and O–H groups in total. The number of hydrogen-bond donors (Lipinski definition) is 1. The Labute approximate surface area is 191 Å². The molecule has 0 aliphatic heterocycles. The van der Waals surface area contributed by atoms with E-state index in [1.54, 1.807) is 6.07 Å². The average Bonchev–Trinajstić information content (AvgIpc) is 3.27. The Morgan fingerprint density at radius 2 is 1.73 bits per heavy atom. The molecule has 3 aromatic rings. The van der Waals surface area contributed by atoms with Crippen molar-refractivity contribution < 1.29 is 32.2 Å². The number of carboxylic acids is 1. The van der Waals surface area contributed by atoms with Gasteiger partial charge in [-0.05, 0) is 66.3 Å². The maximum absolute atomic E-state index is 14.0. The van der Waals surface area contributed by atoms with Crippen molar-refractivity contribution in [3.63, 3.8) is 0 Å². The number of rotatable bonds is 6. The van der Waals surface area contributed by atoms with Crippen molar-refractivity contribution in [3.05, 3.63) is 93.1 Å². The fourth-order valence-electron chi connectivity index (χ4n) is 3.82. The van der Waals surface area contributed by atoms with Crippen LogP contribution in [0.3, 0.4) is 0 Å². The first-order valence-corrected chi connectivity index (χ1v) is 10.3. The standard InChI is InChI=1S/C24H16ClF4NO3/c25-14-9-17(23(30-10-14)33-11-13-5-7-20(27)22(29)21(13)28)16-3-1-2-15(16)12-4-6-19(26)18(8-12)24(31)32/h4-10H,1-3,11H2,(H,31,32). The van der Waals surface area contributed by atoms with Gasteiger partial charge in [-0.15, -0.1) is 0 Å². The van der Waals surface area contributed by atoms with Crippen LogP contribution in [0.5, 0.6) is 5.88 Å². The Hall–Kier alpha value is -3.39. The molecule has 1 aliphatic rings. The van der Waals surface area contributed by atoms with Crippen molar-refractivity contribution in [3.8, 4) is 5.88 Å². The number of carbonyl (C=O) groups is 1. The molecule has 33 heavy (non-hydrogen) atoms. The van der Waals surface area contributed by atoms with Gasteiger partial charge in [0.1, 0.15) is 12.4 Å². The molecule has 4 rings (SSSR count). The number of carboxylic acid groups (broad SMARTS) is 1. The van der Waals surface area contributed by atoms with Gasteiger partial charge in [-0.1, -0.05) is 17.7 Å². The van der Waals surface area contributed by atoms with Gasteiger partial charge in [0.2, 0.25) is 5.88 Å². The second-order valence-electron chi connectivity index (χ2n) is 7.44. The summed E-state index contributed by atoms with van der Waals surface area (Å²) in [4.78, 5) is 15.5. The molecule has 2 aromatic carbocycles. The molecule has 0 unspecified atom stereocenters. The lowest BCUT2D eigenvalue weighted by Crippen LogP contribution is -2.05. The van der Waals surface area contributed by atoms with Crippen molar-refractivity contribution in [2.24, 2.45) is 0 Å². The normalized spacial score (nSPS) is 13.5. The number of ether oxygens (including phenoxy) is 1. The van der Waals surface area contributed by atoms with E-state index in [1.165, 1.54) is 18.3 Å². The highest BCUT2D eigenvalue weighted by Crippen LogP contribution is 2.43. The van der Waals surface area contributed by atoms with E-state index >= 15 is 0 Å². The van der Waals surface area contributed by atoms with Crippen LogP contribution in [0.1, 0.15) is 46.3 Å². The number of aromatic nitrogens is 1. The molecule has 0 amide bonds. The molecule has 0 fully saturated rings. The van der Waals surface area contributed by atoms with Crippen molar-refractivity contribution in [2.45, 2.75) is 25.9 Å². The minimum atomic E-state index is -1.59. The van der Waals surface area contributed by atoms with Crippen LogP contribution in [0, 0.1) is 23.3 Å². The topological polar surface area (TPSA) is 59.4 Å². The van der Waals surface area contributed by atoms with Crippen LogP contribution < -0.4 is 4.74 Å². The van der Waals surface area contributed by atoms with Gasteiger partial charge in [-0.3, -0.25) is 0 Å². The molecule has 0 bridgehead atoms. The number of hydrogen-bond acceptors (Lipinski definition) is 3. The quantitative estimate of drug-likeness (QED) is 0.318. The van der Waals surface area contributed by atoms with Gasteiger partial charge in [0.15, 0.2) is 17.5 Å². The zero-order valence-electron chi connectivity index (χ0n) is 17.0. The Morgan fingerprint density at radius 3 is 2.48 bits per heavy atom. The summed E-state index contributed by atoms with van der Waals surface area (Å²) in [7, 11) is 0. The molecule has 1 aliphatic carbocycles. The first kappa shape index (κ1) is 22.8. The minimum Gasteiger partial charge on any atom is -0.478 e. The lowest BCUT2D eigenvalue weighted by atomic mass is 9.96. The van der Waals surface area contributed by atoms with E-state index in [0.29, 0.717) is 29.0 Å². The summed E-state index contributed by atoms with van der Waals surface area (Å²) in [6.45, 7) is -0.410. The SMILES string of the molecule is O=C(O)c1cc(C2=C(c3cc(Cl)cnc3OCc3ccc(F)c(F)c3F)CCC2)ccc1F. The second-order valence-corrected chi connectivity index (χ2v) is 7.88. The van der Waals surface area contributed by atoms with Gasteiger partial charge in [-0.25, -0.2) is 27.3 Å². The summed E-state index contributed by atoms with van der Waals surface area (Å²) < 4.78 is 60.3. The molecule has 4 nitrogen and oxygen atoms in total. The smallest absolute Gasteiger partial charge is 0.338 e. The largest absolute Gasteiger partial charge is 0.478 e. The van der Waals surface area contributed by atoms with Crippen LogP contribution in [-0.2, 0) is 6.61 Å². The fourth-order valence-corrected chi connectivity index (χ4v) is 3.98. The second kappa shape index (κ2) is 9.23. The minimum absolute atomic E-state index is 0.0958. The van der Waals surface area contributed by atoms with Crippen LogP contribution in [0.2, 0.25) is 5.02 Å². The van der Waals surface area contributed by atoms with Crippen molar-refractivity contribution in [1.29, 1.82) is 0 Å². The van der Waals surface area contributed by atoms with Crippen LogP contribution >= 0.6 is 11.6 Å². The number of pyridine rings is 1. The van der Waals surface area contributed by atoms with E-state index in [1.807, 2.05) is 0 Å². The zero-order chi connectivity index (χ0) is 23.7. The lowest BCUT2D eigenvalue weighted by Gasteiger charge is -2.15. The highest BCUT2D eigenvalue weighted by atomic mass is 35.5. The van der Waals surface area contributed by atoms with Crippen molar-refractivity contribution in [2.75, 3.05) is 0 Å². The van der Waals surface area contributed by atoms with Crippen LogP contribution in [0.4, 0.5) is 17.6 Å². The molecule has 0 atom stereocenters. The molecule has 0 saturated carbocycles. The fraction of sp³-hybridized carbons (Fsp3) is 0.167. The molecule has 170 valence electrons. The molecule has 0 spiro atoms. The highest BCUT2D eigenvalue weighted by Gasteiger charge is 2.24. The number of allylic oxidation sites excluding steroid dienone is 2. The van der Waals surface area contributed by atoms with Gasteiger partial charge in [-0.2, -0.15) is 0 Å². The maximum Gasteiger partial charge on any atom is 0.338 e. The predicted octanol–water partition coefficient (Wildman–Crippen LogP) is 6.66. The monoisotopic (exact) mass is 477 g/mol. The van der Waals surface area contributed by atoms with Crippen molar-refractivity contribution >= 4 is 28.7 Å². The third-order valence-corrected chi connectivity index (χ3v) is 5.59. The zero-order valence-corrected chi connectivity index (χ0v) is 17.7. The van der Waals surface area contributed by atoms with E-state index in [4.69, 9.17) is 16.3 Å². The molecular weight excluding hydrogens is 462 g/mol. The van der Waals surface area contributed by atoms with Crippen molar-refractivity contribution in [1.82, 2.24) is 4.98 Å². The van der Waals surface area contributed by atoms with Crippen LogP contribution in [0.25, 0.3) is 11.1 Å². The molecule has 0 saturated heterocycles. The molecule has 1 heterocycles. The number of halogens is 5. The predicted molar refractivity (Wildman–Crippen MR) is 114 cm³/mol. The maximum atomic E-state index is 14.0. The van der Waals surface area contributed by atoms with E-state index < -0.39 is 41.4 Å². The summed E-state index contributed by atoms with van der Waals surface area (Å²) in [5.74, 6) is -6.36. The first-order chi connectivity index (χ1) is 15.8. The third-order valence-electron chi connectivity index (χ3n) is 5.39. The van der Waals surface area contributed by atoms with Crippen LogP contribution in [-0.4, -0.2) is 16.1 Å². The average molecular weight is 478 g/mol. The van der Waals surface area contributed by atoms with Gasteiger partial charge in [0.25, 0.3) is 0 Å². The molecular formula is C24H16ClF4NO3. The summed E-state index contributed by atoms with van der Waals surface area (Å²) in [5, 5.41) is 9.56. The highest BCUT2D eigenvalue weighted by molar-refractivity contribution is 6.30. The molecule has 9 heteroatoms. The van der Waals surface area contributed by atoms with Gasteiger partial charge < -0.3 is 9.84 Å². The summed E-state index contributed by atoms with van der Waals surface area (Å²) in [6, 6.07) is 7.36. The Kier molecular flexibility index (Phi) is 6.37. The Morgan fingerprint density at radius 1 is 1.00 bits per heavy atom. The Balaban J connectivity index is 1.73. The first-order valence-electron chi connectivity index (χ1n) is 9.92. The van der Waals surface area contributed by atoms with Gasteiger partial charge >= 0.3 is 5.97 Å². The number of benzene rings is 2. The summed E-state index contributed by atoms with van der Waals surface area (Å²) in [5.41, 5.74) is 1.96. The lowest BCUT2D eigenvalue weighted by molar-refractivity contribution is 0.0692. The molecule has 0 radical (unpaired) electrons. The van der Waals surface area contributed by atoms with Gasteiger partial charge in [0, 0.05) is 17.3 Å². The summed E-state index contributed by atoms with van der Waals surface area (Å²) >= 11 is 6.14. The van der Waals surface area contributed by atoms with E-state index in [-0.39, 0.29) is 11.4 Å². The van der Waals surface area contributed by atoms with E-state index in [2.05, 4.69) is 4.98 Å². The number of nitrogens with zero attached hydrogens (tertiary/aromatic N) is 1. The Bertz CT molecular complexity index is 1290. The van der Waals surface area contributed by atoms with E-state index in [0.717, 1.165) is 35.8 Å². The number of aromatic carboxylic acids is 1. The van der Waals surface area contributed by atoms with Gasteiger partial charge in [0.05, 0.1) is 10.6 Å².